The Morgan fingerprint density at radius 1 is 1.39 bits per heavy atom. The Kier molecular flexibility index (Phi) is 4.43. The predicted molar refractivity (Wildman–Crippen MR) is 75.6 cm³/mol. The summed E-state index contributed by atoms with van der Waals surface area (Å²) in [5.41, 5.74) is 1.68. The highest BCUT2D eigenvalue weighted by molar-refractivity contribution is 9.10. The minimum Gasteiger partial charge on any atom is -0.423 e. The lowest BCUT2D eigenvalue weighted by molar-refractivity contribution is 0.440. The smallest absolute Gasteiger partial charge is 0.322 e. The quantitative estimate of drug-likeness (QED) is 0.752. The molecule has 0 saturated carbocycles. The number of aromatic nitrogens is 2. The van der Waals surface area contributed by atoms with Gasteiger partial charge in [-0.25, -0.2) is 4.98 Å². The van der Waals surface area contributed by atoms with Gasteiger partial charge in [-0.05, 0) is 25.1 Å². The molecule has 1 aromatic carbocycles. The third kappa shape index (κ3) is 3.13. The number of alkyl halides is 1. The van der Waals surface area contributed by atoms with Crippen molar-refractivity contribution in [3.63, 3.8) is 0 Å². The SMILES string of the molecule is Cc1nc(Oc2ccc(Br)cc2Cl)ncc1CCl. The number of aryl methyl sites for hydroxylation is 1. The van der Waals surface area contributed by atoms with Gasteiger partial charge in [-0.2, -0.15) is 4.98 Å². The second kappa shape index (κ2) is 5.87. The number of rotatable bonds is 3. The van der Waals surface area contributed by atoms with E-state index < -0.39 is 0 Å². The molecule has 0 bridgehead atoms. The van der Waals surface area contributed by atoms with Crippen LogP contribution in [0.4, 0.5) is 0 Å². The van der Waals surface area contributed by atoms with E-state index in [1.807, 2.05) is 13.0 Å². The van der Waals surface area contributed by atoms with Crippen LogP contribution in [0.25, 0.3) is 0 Å². The van der Waals surface area contributed by atoms with Crippen molar-refractivity contribution in [2.24, 2.45) is 0 Å². The van der Waals surface area contributed by atoms with Crippen molar-refractivity contribution in [1.82, 2.24) is 9.97 Å². The number of halogens is 3. The van der Waals surface area contributed by atoms with E-state index in [1.54, 1.807) is 18.3 Å². The molecule has 0 spiro atoms. The molecular formula is C12H9BrCl2N2O. The summed E-state index contributed by atoms with van der Waals surface area (Å²) in [4.78, 5) is 8.30. The van der Waals surface area contributed by atoms with Crippen LogP contribution in [-0.2, 0) is 5.88 Å². The normalized spacial score (nSPS) is 10.4. The van der Waals surface area contributed by atoms with Gasteiger partial charge in [-0.1, -0.05) is 27.5 Å². The summed E-state index contributed by atoms with van der Waals surface area (Å²) in [5, 5.41) is 0.493. The van der Waals surface area contributed by atoms with E-state index in [9.17, 15) is 0 Å². The molecule has 0 amide bonds. The Balaban J connectivity index is 2.26. The number of benzene rings is 1. The summed E-state index contributed by atoms with van der Waals surface area (Å²) >= 11 is 15.1. The van der Waals surface area contributed by atoms with Crippen LogP contribution in [0.2, 0.25) is 5.02 Å². The molecule has 94 valence electrons. The number of nitrogens with zero attached hydrogens (tertiary/aromatic N) is 2. The average molecular weight is 348 g/mol. The first-order chi connectivity index (χ1) is 8.60. The molecule has 0 unspecified atom stereocenters. The Bertz CT molecular complexity index is 578. The van der Waals surface area contributed by atoms with Crippen LogP contribution in [0.3, 0.4) is 0 Å². The summed E-state index contributed by atoms with van der Waals surface area (Å²) in [6, 6.07) is 5.59. The molecule has 0 radical (unpaired) electrons. The van der Waals surface area contributed by atoms with Crippen LogP contribution in [-0.4, -0.2) is 9.97 Å². The van der Waals surface area contributed by atoms with E-state index >= 15 is 0 Å². The second-order valence-corrected chi connectivity index (χ2v) is 5.16. The molecular weight excluding hydrogens is 339 g/mol. The van der Waals surface area contributed by atoms with Crippen molar-refractivity contribution in [3.8, 4) is 11.8 Å². The molecule has 0 aliphatic carbocycles. The van der Waals surface area contributed by atoms with Crippen LogP contribution in [0.5, 0.6) is 11.8 Å². The topological polar surface area (TPSA) is 35.0 Å². The van der Waals surface area contributed by atoms with E-state index in [-0.39, 0.29) is 6.01 Å². The molecule has 1 heterocycles. The maximum atomic E-state index is 6.05. The molecule has 0 aliphatic heterocycles. The van der Waals surface area contributed by atoms with Gasteiger partial charge >= 0.3 is 6.01 Å². The highest BCUT2D eigenvalue weighted by atomic mass is 79.9. The van der Waals surface area contributed by atoms with Crippen LogP contribution < -0.4 is 4.74 Å². The van der Waals surface area contributed by atoms with Gasteiger partial charge in [0.25, 0.3) is 0 Å². The minimum absolute atomic E-state index is 0.255. The largest absolute Gasteiger partial charge is 0.423 e. The van der Waals surface area contributed by atoms with Crippen molar-refractivity contribution in [2.75, 3.05) is 0 Å². The van der Waals surface area contributed by atoms with Crippen molar-refractivity contribution >= 4 is 39.1 Å². The summed E-state index contributed by atoms with van der Waals surface area (Å²) in [6.45, 7) is 1.86. The van der Waals surface area contributed by atoms with Crippen LogP contribution >= 0.6 is 39.1 Å². The molecule has 6 heteroatoms. The fourth-order valence-corrected chi connectivity index (χ4v) is 2.28. The lowest BCUT2D eigenvalue weighted by atomic mass is 10.3. The first kappa shape index (κ1) is 13.6. The number of hydrogen-bond donors (Lipinski definition) is 0. The number of hydrogen-bond acceptors (Lipinski definition) is 3. The van der Waals surface area contributed by atoms with Crippen molar-refractivity contribution in [1.29, 1.82) is 0 Å². The van der Waals surface area contributed by atoms with Gasteiger partial charge in [0.1, 0.15) is 5.75 Å². The average Bonchev–Trinajstić information content (AvgIpc) is 2.33. The molecule has 0 aliphatic rings. The van der Waals surface area contributed by atoms with Gasteiger partial charge in [-0.3, -0.25) is 0 Å². The highest BCUT2D eigenvalue weighted by Gasteiger charge is 2.07. The van der Waals surface area contributed by atoms with Crippen LogP contribution in [0.15, 0.2) is 28.9 Å². The van der Waals surface area contributed by atoms with Gasteiger partial charge in [0, 0.05) is 21.9 Å². The Hall–Kier alpha value is -0.840. The lowest BCUT2D eigenvalue weighted by Crippen LogP contribution is -1.97. The first-order valence-electron chi connectivity index (χ1n) is 5.11. The maximum absolute atomic E-state index is 6.05. The molecule has 2 rings (SSSR count). The molecule has 0 saturated heterocycles. The molecule has 1 aromatic heterocycles. The Morgan fingerprint density at radius 3 is 2.78 bits per heavy atom. The third-order valence-electron chi connectivity index (χ3n) is 2.30. The van der Waals surface area contributed by atoms with Crippen molar-refractivity contribution < 1.29 is 4.74 Å². The minimum atomic E-state index is 0.255. The van der Waals surface area contributed by atoms with Gasteiger partial charge in [0.2, 0.25) is 0 Å². The standard InChI is InChI=1S/C12H9BrCl2N2O/c1-7-8(5-14)6-16-12(17-7)18-11-3-2-9(13)4-10(11)15/h2-4,6H,5H2,1H3. The van der Waals surface area contributed by atoms with Crippen LogP contribution in [0, 0.1) is 6.92 Å². The lowest BCUT2D eigenvalue weighted by Gasteiger charge is -2.07. The molecule has 18 heavy (non-hydrogen) atoms. The molecule has 0 fully saturated rings. The monoisotopic (exact) mass is 346 g/mol. The van der Waals surface area contributed by atoms with Crippen molar-refractivity contribution in [2.45, 2.75) is 12.8 Å². The molecule has 0 atom stereocenters. The molecule has 2 aromatic rings. The zero-order chi connectivity index (χ0) is 13.1. The number of ether oxygens (including phenoxy) is 1. The van der Waals surface area contributed by atoms with E-state index in [0.717, 1.165) is 15.7 Å². The molecule has 0 N–H and O–H groups in total. The summed E-state index contributed by atoms with van der Waals surface area (Å²) in [5.74, 6) is 0.892. The van der Waals surface area contributed by atoms with Gasteiger partial charge in [0.15, 0.2) is 0 Å². The van der Waals surface area contributed by atoms with E-state index in [4.69, 9.17) is 27.9 Å². The van der Waals surface area contributed by atoms with E-state index in [1.165, 1.54) is 0 Å². The zero-order valence-corrected chi connectivity index (χ0v) is 12.6. The maximum Gasteiger partial charge on any atom is 0.322 e. The summed E-state index contributed by atoms with van der Waals surface area (Å²) < 4.78 is 6.41. The van der Waals surface area contributed by atoms with Crippen LogP contribution in [0.1, 0.15) is 11.3 Å². The fourth-order valence-electron chi connectivity index (χ4n) is 1.31. The fraction of sp³-hybridized carbons (Fsp3) is 0.167. The van der Waals surface area contributed by atoms with Gasteiger partial charge in [-0.15, -0.1) is 11.6 Å². The second-order valence-electron chi connectivity index (χ2n) is 3.57. The Labute approximate surface area is 123 Å². The highest BCUT2D eigenvalue weighted by Crippen LogP contribution is 2.30. The molecule has 3 nitrogen and oxygen atoms in total. The summed E-state index contributed by atoms with van der Waals surface area (Å²) in [7, 11) is 0. The summed E-state index contributed by atoms with van der Waals surface area (Å²) in [6.07, 6.45) is 1.65. The Morgan fingerprint density at radius 2 is 2.17 bits per heavy atom. The predicted octanol–water partition coefficient (Wildman–Crippen LogP) is 4.73. The zero-order valence-electron chi connectivity index (χ0n) is 9.45. The van der Waals surface area contributed by atoms with E-state index in [0.29, 0.717) is 16.7 Å². The van der Waals surface area contributed by atoms with E-state index in [2.05, 4.69) is 25.9 Å². The third-order valence-corrected chi connectivity index (χ3v) is 3.37. The van der Waals surface area contributed by atoms with Crippen molar-refractivity contribution in [3.05, 3.63) is 45.1 Å². The van der Waals surface area contributed by atoms with Gasteiger partial charge in [0.05, 0.1) is 10.9 Å². The first-order valence-corrected chi connectivity index (χ1v) is 6.82. The van der Waals surface area contributed by atoms with Gasteiger partial charge < -0.3 is 4.74 Å².